The van der Waals surface area contributed by atoms with Crippen LogP contribution < -0.4 is 5.19 Å². The van der Waals surface area contributed by atoms with Gasteiger partial charge in [0.2, 0.25) is 0 Å². The highest BCUT2D eigenvalue weighted by molar-refractivity contribution is 9.26. The Bertz CT molecular complexity index is 1020. The molecule has 1 aromatic rings. The maximum absolute atomic E-state index is 14.2. The van der Waals surface area contributed by atoms with Gasteiger partial charge in [-0.05, 0) is 10.2 Å². The van der Waals surface area contributed by atoms with Gasteiger partial charge in [-0.3, -0.25) is 0 Å². The molecule has 0 saturated heterocycles. The van der Waals surface area contributed by atoms with Crippen molar-refractivity contribution in [2.75, 3.05) is 6.61 Å². The monoisotopic (exact) mass is 704 g/mol. The zero-order chi connectivity index (χ0) is 32.2. The van der Waals surface area contributed by atoms with Crippen LogP contribution in [0.15, 0.2) is 30.3 Å². The molecule has 0 aromatic heterocycles. The Morgan fingerprint density at radius 3 is 1.27 bits per heavy atom. The average molecular weight is 705 g/mol. The van der Waals surface area contributed by atoms with Gasteiger partial charge in [0.15, 0.2) is 0 Å². The summed E-state index contributed by atoms with van der Waals surface area (Å²) in [6.45, 7) is -0.954. The van der Waals surface area contributed by atoms with Crippen LogP contribution in [0.25, 0.3) is 0 Å². The molecular weight excluding hydrogens is 687 g/mol. The Hall–Kier alpha value is -1.31. The van der Waals surface area contributed by atoms with Crippen LogP contribution >= 0.6 is 15.3 Å². The predicted octanol–water partition coefficient (Wildman–Crippen LogP) is 8.95. The van der Waals surface area contributed by atoms with Crippen molar-refractivity contribution in [3.05, 3.63) is 30.3 Å². The van der Waals surface area contributed by atoms with Gasteiger partial charge in [0.1, 0.15) is 0 Å². The fraction of sp³-hybridized carbons (Fsp3) is 0.700. The molecule has 0 saturated carbocycles. The van der Waals surface area contributed by atoms with Crippen molar-refractivity contribution in [3.63, 3.8) is 0 Å². The summed E-state index contributed by atoms with van der Waals surface area (Å²) < 4.78 is 233. The summed E-state index contributed by atoms with van der Waals surface area (Å²) in [5.74, 6) is -56.5. The Morgan fingerprint density at radius 1 is 0.575 bits per heavy atom. The van der Waals surface area contributed by atoms with Gasteiger partial charge in [0.25, 0.3) is 0 Å². The first-order chi connectivity index (χ1) is 17.3. The maximum atomic E-state index is 14.2. The zero-order valence-corrected chi connectivity index (χ0v) is 22.6. The Balaban J connectivity index is 3.44. The highest BCUT2D eigenvalue weighted by atomic mass is 79.9. The second-order valence-electron chi connectivity index (χ2n) is 9.46. The maximum Gasteiger partial charge on any atom is 0.460 e. The summed E-state index contributed by atoms with van der Waals surface area (Å²) in [6.07, 6.45) is -10.4. The van der Waals surface area contributed by atoms with E-state index in [1.54, 1.807) is 0 Å². The molecule has 1 unspecified atom stereocenters. The molecule has 0 N–H and O–H groups in total. The molecule has 0 amide bonds. The third kappa shape index (κ3) is 5.44. The average Bonchev–Trinajstić information content (AvgIpc) is 2.77. The van der Waals surface area contributed by atoms with Gasteiger partial charge in [-0.1, -0.05) is 66.4 Å². The van der Waals surface area contributed by atoms with Crippen LogP contribution in [0.3, 0.4) is 0 Å². The second-order valence-corrected chi connectivity index (χ2v) is 16.4. The van der Waals surface area contributed by atoms with E-state index in [1.165, 1.54) is 51.1 Å². The molecule has 0 radical (unpaired) electrons. The minimum absolute atomic E-state index is 0.266. The summed E-state index contributed by atoms with van der Waals surface area (Å²) in [5.41, 5.74) is 0. The van der Waals surface area contributed by atoms with E-state index in [2.05, 4.69) is 15.3 Å². The lowest BCUT2D eigenvalue weighted by molar-refractivity contribution is -0.461. The fourth-order valence-corrected chi connectivity index (χ4v) is 6.81. The summed E-state index contributed by atoms with van der Waals surface area (Å²) in [5, 5.41) is -0.748. The molecule has 0 spiro atoms. The molecule has 1 aromatic carbocycles. The van der Waals surface area contributed by atoms with Gasteiger partial charge in [-0.25, -0.2) is 0 Å². The Labute approximate surface area is 223 Å². The topological polar surface area (TPSA) is 9.23 Å². The van der Waals surface area contributed by atoms with E-state index >= 15 is 0 Å². The largest absolute Gasteiger partial charge is 0.460 e. The molecule has 234 valence electrons. The molecule has 0 fully saturated rings. The van der Waals surface area contributed by atoms with Crippen LogP contribution in [0.5, 0.6) is 0 Å². The summed E-state index contributed by atoms with van der Waals surface area (Å²) in [4.78, 5) is 0. The summed E-state index contributed by atoms with van der Waals surface area (Å²) >= 11 is 3.16. The summed E-state index contributed by atoms with van der Waals surface area (Å²) in [6, 6.07) is 7.11. The van der Waals surface area contributed by atoms with Gasteiger partial charge in [0.05, 0.1) is 0 Å². The number of benzene rings is 1. The lowest BCUT2D eigenvalue weighted by Crippen LogP contribution is -2.74. The fourth-order valence-electron chi connectivity index (χ4n) is 3.06. The molecule has 0 aliphatic carbocycles. The molecule has 1 rings (SSSR count). The van der Waals surface area contributed by atoms with Crippen molar-refractivity contribution in [2.45, 2.75) is 79.9 Å². The third-order valence-corrected chi connectivity index (χ3v) is 14.8. The van der Waals surface area contributed by atoms with Gasteiger partial charge in [-0.15, -0.1) is 0 Å². The van der Waals surface area contributed by atoms with Crippen LogP contribution in [-0.4, -0.2) is 61.2 Å². The molecule has 0 bridgehead atoms. The molecule has 0 aliphatic heterocycles. The summed E-state index contributed by atoms with van der Waals surface area (Å²) in [7, 11) is 0. The van der Waals surface area contributed by atoms with Gasteiger partial charge in [-0.2, -0.15) is 74.6 Å². The minimum atomic E-state index is -8.64. The number of hydrogen-bond acceptors (Lipinski definition) is 1. The van der Waals surface area contributed by atoms with Gasteiger partial charge < -0.3 is 4.43 Å². The number of alkyl halides is 17. The molecule has 0 heterocycles. The Kier molecular flexibility index (Phi) is 9.59. The zero-order valence-electron chi connectivity index (χ0n) is 20.0. The van der Waals surface area contributed by atoms with Crippen LogP contribution in [0.2, 0.25) is 5.04 Å². The lowest BCUT2D eigenvalue weighted by atomic mass is 9.88. The number of hydrogen-bond donors (Lipinski definition) is 0. The molecule has 0 aliphatic rings. The third-order valence-electron chi connectivity index (χ3n) is 5.61. The number of halogens is 18. The molecule has 1 nitrogen and oxygen atoms in total. The molecule has 20 heteroatoms. The van der Waals surface area contributed by atoms with E-state index < -0.39 is 72.6 Å². The second kappa shape index (κ2) is 10.4. The van der Waals surface area contributed by atoms with E-state index in [0.717, 1.165) is 0 Å². The first-order valence-corrected chi connectivity index (χ1v) is 14.6. The van der Waals surface area contributed by atoms with Crippen molar-refractivity contribution in [1.29, 1.82) is 0 Å². The van der Waals surface area contributed by atoms with Crippen molar-refractivity contribution in [3.8, 4) is 0 Å². The predicted molar refractivity (Wildman–Crippen MR) is 112 cm³/mol. The van der Waals surface area contributed by atoms with Gasteiger partial charge in [0, 0.05) is 13.0 Å². The first-order valence-electron chi connectivity index (χ1n) is 10.4. The van der Waals surface area contributed by atoms with Crippen molar-refractivity contribution < 1.29 is 79.1 Å². The smallest absolute Gasteiger partial charge is 0.402 e. The number of rotatable bonds is 11. The van der Waals surface area contributed by atoms with Crippen LogP contribution in [-0.2, 0) is 4.43 Å². The SMILES string of the molecule is CC(C)(C)[Si](Br)(OCCC(F)(F)C(F)(F)C(F)(F)C(F)(F)C(F)(F)C(F)(F)C(F)(F)C(F)(F)F)c1ccccc1. The van der Waals surface area contributed by atoms with Crippen LogP contribution in [0.4, 0.5) is 74.6 Å². The Morgan fingerprint density at radius 2 is 0.925 bits per heavy atom. The van der Waals surface area contributed by atoms with E-state index in [1.807, 2.05) is 0 Å². The molecular formula is C20H18BrF17OSi. The minimum Gasteiger partial charge on any atom is -0.402 e. The molecule has 1 atom stereocenters. The highest BCUT2D eigenvalue weighted by Gasteiger charge is 2.95. The van der Waals surface area contributed by atoms with E-state index in [9.17, 15) is 74.6 Å². The van der Waals surface area contributed by atoms with Crippen molar-refractivity contribution >= 4 is 27.4 Å². The molecule has 40 heavy (non-hydrogen) atoms. The van der Waals surface area contributed by atoms with Gasteiger partial charge >= 0.3 is 54.6 Å². The lowest BCUT2D eigenvalue weighted by Gasteiger charge is -2.43. The highest BCUT2D eigenvalue weighted by Crippen LogP contribution is 2.64. The van der Waals surface area contributed by atoms with Crippen molar-refractivity contribution in [1.82, 2.24) is 0 Å². The quantitative estimate of drug-likeness (QED) is 0.127. The normalized spacial score (nSPS) is 17.1. The van der Waals surface area contributed by atoms with Crippen LogP contribution in [0, 0.1) is 0 Å². The van der Waals surface area contributed by atoms with Crippen LogP contribution in [0.1, 0.15) is 27.2 Å². The standard InChI is InChI=1S/C20H18BrF17OSi/c1-12(2,3)40(21,11-7-5-4-6-8-11)39-10-9-13(22,23)14(24,25)15(26,27)16(28,29)17(30,31)18(32,33)19(34,35)20(36,37)38/h4-8H,9-10H2,1-3H3. The van der Waals surface area contributed by atoms with E-state index in [-0.39, 0.29) is 5.19 Å². The van der Waals surface area contributed by atoms with Crippen molar-refractivity contribution in [2.24, 2.45) is 0 Å². The first kappa shape index (κ1) is 36.7. The van der Waals surface area contributed by atoms with E-state index in [0.29, 0.717) is 0 Å². The van der Waals surface area contributed by atoms with E-state index in [4.69, 9.17) is 4.43 Å².